The van der Waals surface area contributed by atoms with E-state index in [-0.39, 0.29) is 17.9 Å². The molecule has 0 spiro atoms. The Labute approximate surface area is 121 Å². The fraction of sp³-hybridized carbons (Fsp3) is 0.471. The van der Waals surface area contributed by atoms with Crippen LogP contribution in [-0.2, 0) is 0 Å². The first-order valence-corrected chi connectivity index (χ1v) is 6.86. The molecule has 0 bridgehead atoms. The van der Waals surface area contributed by atoms with Crippen molar-refractivity contribution in [2.75, 3.05) is 6.61 Å². The molecule has 0 unspecified atom stereocenters. The second-order valence-corrected chi connectivity index (χ2v) is 6.82. The second kappa shape index (κ2) is 6.23. The van der Waals surface area contributed by atoms with Crippen LogP contribution < -0.4 is 5.32 Å². The molecule has 3 nitrogen and oxygen atoms in total. The van der Waals surface area contributed by atoms with Gasteiger partial charge in [0, 0.05) is 5.56 Å². The molecule has 0 aliphatic rings. The van der Waals surface area contributed by atoms with Crippen molar-refractivity contribution in [3.05, 3.63) is 41.5 Å². The van der Waals surface area contributed by atoms with Crippen molar-refractivity contribution in [3.63, 3.8) is 0 Å². The van der Waals surface area contributed by atoms with Gasteiger partial charge in [-0.15, -0.1) is 0 Å². The lowest BCUT2D eigenvalue weighted by atomic mass is 9.95. The van der Waals surface area contributed by atoms with Crippen molar-refractivity contribution < 1.29 is 9.90 Å². The van der Waals surface area contributed by atoms with Crippen LogP contribution in [-0.4, -0.2) is 23.2 Å². The van der Waals surface area contributed by atoms with Gasteiger partial charge in [0.05, 0.1) is 12.1 Å². The number of allylic oxidation sites excluding steroid dienone is 1. The summed E-state index contributed by atoms with van der Waals surface area (Å²) in [6.45, 7) is 9.90. The Balaban J connectivity index is 2.77. The first-order valence-electron chi connectivity index (χ1n) is 6.86. The molecule has 0 heterocycles. The second-order valence-electron chi connectivity index (χ2n) is 6.82. The number of carbonyl (C=O) groups excluding carboxylic acids is 1. The van der Waals surface area contributed by atoms with Gasteiger partial charge in [-0.2, -0.15) is 0 Å². The summed E-state index contributed by atoms with van der Waals surface area (Å²) in [7, 11) is 0. The highest BCUT2D eigenvalue weighted by atomic mass is 16.3. The Morgan fingerprint density at radius 3 is 2.15 bits per heavy atom. The molecule has 2 N–H and O–H groups in total. The largest absolute Gasteiger partial charge is 0.394 e. The summed E-state index contributed by atoms with van der Waals surface area (Å²) < 4.78 is 0. The summed E-state index contributed by atoms with van der Waals surface area (Å²) in [4.78, 5) is 12.0. The number of hydrogen-bond acceptors (Lipinski definition) is 2. The highest BCUT2D eigenvalue weighted by Crippen LogP contribution is 2.17. The minimum Gasteiger partial charge on any atom is -0.394 e. The number of rotatable bonds is 4. The summed E-state index contributed by atoms with van der Waals surface area (Å²) in [5.74, 6) is -0.171. The monoisotopic (exact) mass is 275 g/mol. The molecule has 1 rings (SSSR count). The number of aliphatic hydroxyl groups excluding tert-OH is 1. The van der Waals surface area contributed by atoms with Gasteiger partial charge in [-0.25, -0.2) is 0 Å². The van der Waals surface area contributed by atoms with E-state index in [0.29, 0.717) is 5.56 Å². The van der Waals surface area contributed by atoms with Crippen LogP contribution in [0.4, 0.5) is 0 Å². The van der Waals surface area contributed by atoms with Gasteiger partial charge in [-0.05, 0) is 37.0 Å². The molecule has 0 radical (unpaired) electrons. The third-order valence-electron chi connectivity index (χ3n) is 2.80. The molecular weight excluding hydrogens is 250 g/mol. The maximum Gasteiger partial charge on any atom is 0.251 e. The number of benzene rings is 1. The smallest absolute Gasteiger partial charge is 0.251 e. The Morgan fingerprint density at radius 2 is 1.70 bits per heavy atom. The summed E-state index contributed by atoms with van der Waals surface area (Å²) in [6.07, 6.45) is 4.19. The van der Waals surface area contributed by atoms with E-state index in [9.17, 15) is 4.79 Å². The van der Waals surface area contributed by atoms with E-state index in [1.54, 1.807) is 26.0 Å². The average molecular weight is 275 g/mol. The van der Waals surface area contributed by atoms with E-state index >= 15 is 0 Å². The van der Waals surface area contributed by atoms with Gasteiger partial charge in [0.15, 0.2) is 0 Å². The van der Waals surface area contributed by atoms with Crippen LogP contribution >= 0.6 is 0 Å². The van der Waals surface area contributed by atoms with Crippen molar-refractivity contribution in [2.45, 2.75) is 40.2 Å². The van der Waals surface area contributed by atoms with Crippen LogP contribution in [0.2, 0.25) is 0 Å². The Bertz CT molecular complexity index is 479. The lowest BCUT2D eigenvalue weighted by Crippen LogP contribution is -2.46. The van der Waals surface area contributed by atoms with Crippen LogP contribution in [0.5, 0.6) is 0 Å². The maximum absolute atomic E-state index is 12.0. The van der Waals surface area contributed by atoms with Crippen molar-refractivity contribution in [1.82, 2.24) is 5.32 Å². The third-order valence-corrected chi connectivity index (χ3v) is 2.80. The third kappa shape index (κ3) is 5.57. The van der Waals surface area contributed by atoms with Crippen LogP contribution in [0, 0.1) is 5.41 Å². The molecule has 0 fully saturated rings. The first kappa shape index (κ1) is 16.4. The number of hydrogen-bond donors (Lipinski definition) is 2. The summed E-state index contributed by atoms with van der Waals surface area (Å²) >= 11 is 0. The highest BCUT2D eigenvalue weighted by molar-refractivity contribution is 5.94. The SMILES string of the molecule is CC(C)(C)/C=C/c1ccc(C(=O)NC(C)(C)CO)cc1. The molecule has 0 aromatic heterocycles. The molecule has 110 valence electrons. The average Bonchev–Trinajstić information content (AvgIpc) is 2.35. The molecule has 0 aliphatic heterocycles. The van der Waals surface area contributed by atoms with Gasteiger partial charge in [-0.1, -0.05) is 45.1 Å². The molecule has 1 aromatic rings. The van der Waals surface area contributed by atoms with Crippen LogP contribution in [0.15, 0.2) is 30.3 Å². The van der Waals surface area contributed by atoms with E-state index in [0.717, 1.165) is 5.56 Å². The number of aliphatic hydroxyl groups is 1. The predicted molar refractivity (Wildman–Crippen MR) is 83.6 cm³/mol. The Morgan fingerprint density at radius 1 is 1.15 bits per heavy atom. The molecular formula is C17H25NO2. The Hall–Kier alpha value is -1.61. The van der Waals surface area contributed by atoms with Crippen molar-refractivity contribution >= 4 is 12.0 Å². The minimum atomic E-state index is -0.609. The van der Waals surface area contributed by atoms with Crippen molar-refractivity contribution in [1.29, 1.82) is 0 Å². The molecule has 1 amide bonds. The van der Waals surface area contributed by atoms with Gasteiger partial charge in [-0.3, -0.25) is 4.79 Å². The number of nitrogens with one attached hydrogen (secondary N) is 1. The van der Waals surface area contributed by atoms with E-state index < -0.39 is 5.54 Å². The summed E-state index contributed by atoms with van der Waals surface area (Å²) in [5.41, 5.74) is 1.20. The fourth-order valence-corrected chi connectivity index (χ4v) is 1.51. The lowest BCUT2D eigenvalue weighted by molar-refractivity contribution is 0.0869. The molecule has 3 heteroatoms. The van der Waals surface area contributed by atoms with E-state index in [2.05, 4.69) is 38.2 Å². The van der Waals surface area contributed by atoms with E-state index in [1.807, 2.05) is 12.1 Å². The van der Waals surface area contributed by atoms with Gasteiger partial charge < -0.3 is 10.4 Å². The van der Waals surface area contributed by atoms with E-state index in [1.165, 1.54) is 0 Å². The molecule has 0 saturated heterocycles. The zero-order chi connectivity index (χ0) is 15.4. The van der Waals surface area contributed by atoms with Crippen LogP contribution in [0.1, 0.15) is 50.5 Å². The highest BCUT2D eigenvalue weighted by Gasteiger charge is 2.19. The van der Waals surface area contributed by atoms with Crippen molar-refractivity contribution in [2.24, 2.45) is 5.41 Å². The normalized spacial score (nSPS) is 12.7. The molecule has 0 atom stereocenters. The molecule has 20 heavy (non-hydrogen) atoms. The zero-order valence-electron chi connectivity index (χ0n) is 13.0. The first-order chi connectivity index (χ1) is 9.13. The lowest BCUT2D eigenvalue weighted by Gasteiger charge is -2.23. The van der Waals surface area contributed by atoms with Gasteiger partial charge in [0.2, 0.25) is 0 Å². The summed E-state index contributed by atoms with van der Waals surface area (Å²) in [5, 5.41) is 11.9. The molecule has 0 aliphatic carbocycles. The van der Waals surface area contributed by atoms with Gasteiger partial charge >= 0.3 is 0 Å². The summed E-state index contributed by atoms with van der Waals surface area (Å²) in [6, 6.07) is 7.43. The standard InChI is InChI=1S/C17H25NO2/c1-16(2,3)11-10-13-6-8-14(9-7-13)15(20)18-17(4,5)12-19/h6-11,19H,12H2,1-5H3,(H,18,20)/b11-10+. The fourth-order valence-electron chi connectivity index (χ4n) is 1.51. The quantitative estimate of drug-likeness (QED) is 0.886. The molecule has 1 aromatic carbocycles. The minimum absolute atomic E-state index is 0.0921. The van der Waals surface area contributed by atoms with Gasteiger partial charge in [0.1, 0.15) is 0 Å². The zero-order valence-corrected chi connectivity index (χ0v) is 13.0. The number of amides is 1. The number of carbonyl (C=O) groups is 1. The van der Waals surface area contributed by atoms with Crippen LogP contribution in [0.3, 0.4) is 0 Å². The molecule has 0 saturated carbocycles. The Kier molecular flexibility index (Phi) is 5.12. The maximum atomic E-state index is 12.0. The topological polar surface area (TPSA) is 49.3 Å². The predicted octanol–water partition coefficient (Wildman–Crippen LogP) is 3.25. The van der Waals surface area contributed by atoms with E-state index in [4.69, 9.17) is 5.11 Å². The van der Waals surface area contributed by atoms with Crippen LogP contribution in [0.25, 0.3) is 6.08 Å². The van der Waals surface area contributed by atoms with Gasteiger partial charge in [0.25, 0.3) is 5.91 Å². The van der Waals surface area contributed by atoms with Crippen molar-refractivity contribution in [3.8, 4) is 0 Å².